The molecule has 1 aromatic heterocycles. The van der Waals surface area contributed by atoms with Crippen LogP contribution in [0.15, 0.2) is 22.9 Å². The van der Waals surface area contributed by atoms with Crippen molar-refractivity contribution in [3.05, 3.63) is 23.4 Å². The topological polar surface area (TPSA) is 70.5 Å². The Hall–Kier alpha value is -1.88. The first-order valence-corrected chi connectivity index (χ1v) is 5.17. The van der Waals surface area contributed by atoms with E-state index in [0.29, 0.717) is 27.6 Å². The minimum atomic E-state index is 0.215. The third-order valence-electron chi connectivity index (χ3n) is 2.36. The third kappa shape index (κ3) is 1.89. The molecule has 0 aliphatic carbocycles. The van der Waals surface area contributed by atoms with E-state index in [9.17, 15) is 0 Å². The summed E-state index contributed by atoms with van der Waals surface area (Å²) in [7, 11) is 3.05. The lowest BCUT2D eigenvalue weighted by atomic mass is 10.1. The number of nitrogens with two attached hydrogens (primary N) is 1. The highest BCUT2D eigenvalue weighted by Crippen LogP contribution is 2.43. The summed E-state index contributed by atoms with van der Waals surface area (Å²) in [5.74, 6) is 1.16. The number of methoxy groups -OCH3 is 2. The van der Waals surface area contributed by atoms with Crippen molar-refractivity contribution >= 4 is 17.5 Å². The molecule has 1 heterocycles. The summed E-state index contributed by atoms with van der Waals surface area (Å²) >= 11 is 6.01. The van der Waals surface area contributed by atoms with E-state index in [0.717, 1.165) is 0 Å². The zero-order valence-corrected chi connectivity index (χ0v) is 10.1. The van der Waals surface area contributed by atoms with Crippen molar-refractivity contribution < 1.29 is 14.0 Å². The zero-order chi connectivity index (χ0) is 12.4. The lowest BCUT2D eigenvalue weighted by Gasteiger charge is -2.13. The summed E-state index contributed by atoms with van der Waals surface area (Å²) in [6.45, 7) is 0. The van der Waals surface area contributed by atoms with Crippen molar-refractivity contribution in [3.8, 4) is 22.6 Å². The second-order valence-corrected chi connectivity index (χ2v) is 3.67. The number of rotatable bonds is 3. The van der Waals surface area contributed by atoms with E-state index in [1.807, 2.05) is 0 Å². The van der Waals surface area contributed by atoms with Gasteiger partial charge in [-0.3, -0.25) is 0 Å². The van der Waals surface area contributed by atoms with Gasteiger partial charge in [-0.05, 0) is 12.1 Å². The Labute approximate surface area is 103 Å². The van der Waals surface area contributed by atoms with Crippen LogP contribution < -0.4 is 15.2 Å². The maximum absolute atomic E-state index is 6.01. The van der Waals surface area contributed by atoms with Gasteiger partial charge in [0.2, 0.25) is 5.88 Å². The highest BCUT2D eigenvalue weighted by Gasteiger charge is 2.18. The molecular weight excluding hydrogens is 244 g/mol. The standard InChI is InChI=1S/C11H11ClN2O3/c1-15-9-6(7-5-14-17-11(7)13)3-4-8(12)10(9)16-2/h3-5H,13H2,1-2H3. The van der Waals surface area contributed by atoms with E-state index in [1.165, 1.54) is 20.4 Å². The summed E-state index contributed by atoms with van der Waals surface area (Å²) in [5, 5.41) is 4.08. The molecule has 6 heteroatoms. The molecule has 0 radical (unpaired) electrons. The molecule has 0 saturated heterocycles. The van der Waals surface area contributed by atoms with E-state index in [2.05, 4.69) is 5.16 Å². The number of aromatic nitrogens is 1. The largest absolute Gasteiger partial charge is 0.492 e. The molecule has 90 valence electrons. The number of halogens is 1. The third-order valence-corrected chi connectivity index (χ3v) is 2.66. The van der Waals surface area contributed by atoms with Gasteiger partial charge in [-0.25, -0.2) is 0 Å². The molecule has 2 aromatic rings. The molecule has 0 bridgehead atoms. The van der Waals surface area contributed by atoms with Crippen LogP contribution in [0, 0.1) is 0 Å². The Bertz CT molecular complexity index is 540. The first-order valence-electron chi connectivity index (χ1n) is 4.80. The maximum atomic E-state index is 6.01. The average molecular weight is 255 g/mol. The van der Waals surface area contributed by atoms with E-state index in [1.54, 1.807) is 12.1 Å². The molecular formula is C11H11ClN2O3. The van der Waals surface area contributed by atoms with Crippen LogP contribution in [0.2, 0.25) is 5.02 Å². The first kappa shape index (κ1) is 11.6. The second-order valence-electron chi connectivity index (χ2n) is 3.27. The van der Waals surface area contributed by atoms with Crippen molar-refractivity contribution in [1.82, 2.24) is 5.16 Å². The lowest BCUT2D eigenvalue weighted by molar-refractivity contribution is 0.356. The van der Waals surface area contributed by atoms with Crippen molar-refractivity contribution in [2.24, 2.45) is 0 Å². The van der Waals surface area contributed by atoms with Gasteiger partial charge in [-0.15, -0.1) is 0 Å². The van der Waals surface area contributed by atoms with Crippen molar-refractivity contribution in [2.45, 2.75) is 0 Å². The number of ether oxygens (including phenoxy) is 2. The normalized spacial score (nSPS) is 10.3. The number of hydrogen-bond donors (Lipinski definition) is 1. The fraction of sp³-hybridized carbons (Fsp3) is 0.182. The molecule has 0 unspecified atom stereocenters. The van der Waals surface area contributed by atoms with Crippen molar-refractivity contribution in [1.29, 1.82) is 0 Å². The minimum absolute atomic E-state index is 0.215. The van der Waals surface area contributed by atoms with Crippen LogP contribution >= 0.6 is 11.6 Å². The summed E-state index contributed by atoms with van der Waals surface area (Å²) in [6.07, 6.45) is 1.51. The molecule has 2 N–H and O–H groups in total. The number of anilines is 1. The van der Waals surface area contributed by atoms with Crippen LogP contribution in [0.1, 0.15) is 0 Å². The van der Waals surface area contributed by atoms with Crippen LogP contribution in [0.4, 0.5) is 5.88 Å². The van der Waals surface area contributed by atoms with Gasteiger partial charge >= 0.3 is 0 Å². The predicted octanol–water partition coefficient (Wildman–Crippen LogP) is 2.59. The van der Waals surface area contributed by atoms with Crippen LogP contribution in [0.25, 0.3) is 11.1 Å². The number of benzene rings is 1. The summed E-state index contributed by atoms with van der Waals surface area (Å²) < 4.78 is 15.3. The average Bonchev–Trinajstić information content (AvgIpc) is 2.74. The smallest absolute Gasteiger partial charge is 0.230 e. The molecule has 0 amide bonds. The van der Waals surface area contributed by atoms with E-state index in [-0.39, 0.29) is 5.88 Å². The number of nitrogen functional groups attached to an aromatic ring is 1. The van der Waals surface area contributed by atoms with Gasteiger partial charge in [0.15, 0.2) is 11.5 Å². The fourth-order valence-corrected chi connectivity index (χ4v) is 1.82. The SMILES string of the molecule is COc1c(Cl)ccc(-c2cnoc2N)c1OC. The zero-order valence-electron chi connectivity index (χ0n) is 9.36. The molecule has 17 heavy (non-hydrogen) atoms. The van der Waals surface area contributed by atoms with Gasteiger partial charge in [0.1, 0.15) is 0 Å². The van der Waals surface area contributed by atoms with Gasteiger partial charge in [-0.1, -0.05) is 16.8 Å². The van der Waals surface area contributed by atoms with Crippen molar-refractivity contribution in [2.75, 3.05) is 20.0 Å². The monoisotopic (exact) mass is 254 g/mol. The van der Waals surface area contributed by atoms with Crippen LogP contribution in [-0.4, -0.2) is 19.4 Å². The molecule has 0 spiro atoms. The number of hydrogen-bond acceptors (Lipinski definition) is 5. The highest BCUT2D eigenvalue weighted by atomic mass is 35.5. The molecule has 0 atom stereocenters. The Morgan fingerprint density at radius 2 is 1.88 bits per heavy atom. The van der Waals surface area contributed by atoms with Gasteiger partial charge in [0.25, 0.3) is 0 Å². The Kier molecular flexibility index (Phi) is 3.10. The van der Waals surface area contributed by atoms with Gasteiger partial charge < -0.3 is 19.7 Å². The molecule has 0 fully saturated rings. The molecule has 2 rings (SSSR count). The number of nitrogens with zero attached hydrogens (tertiary/aromatic N) is 1. The quantitative estimate of drug-likeness (QED) is 0.912. The first-order chi connectivity index (χ1) is 8.19. The van der Waals surface area contributed by atoms with E-state index >= 15 is 0 Å². The molecule has 5 nitrogen and oxygen atoms in total. The summed E-state index contributed by atoms with van der Waals surface area (Å²) in [5.41, 5.74) is 7.02. The van der Waals surface area contributed by atoms with Crippen LogP contribution in [0.5, 0.6) is 11.5 Å². The maximum Gasteiger partial charge on any atom is 0.230 e. The Morgan fingerprint density at radius 3 is 2.41 bits per heavy atom. The summed E-state index contributed by atoms with van der Waals surface area (Å²) in [6, 6.07) is 3.47. The predicted molar refractivity (Wildman–Crippen MR) is 64.5 cm³/mol. The van der Waals surface area contributed by atoms with Gasteiger partial charge in [0, 0.05) is 5.56 Å². The van der Waals surface area contributed by atoms with E-state index < -0.39 is 0 Å². The Balaban J connectivity index is 2.67. The Morgan fingerprint density at radius 1 is 1.18 bits per heavy atom. The highest BCUT2D eigenvalue weighted by molar-refractivity contribution is 6.32. The minimum Gasteiger partial charge on any atom is -0.492 e. The second kappa shape index (κ2) is 4.55. The molecule has 0 aliphatic heterocycles. The summed E-state index contributed by atoms with van der Waals surface area (Å²) in [4.78, 5) is 0. The molecule has 0 aliphatic rings. The molecule has 1 aromatic carbocycles. The van der Waals surface area contributed by atoms with Crippen LogP contribution in [0.3, 0.4) is 0 Å². The van der Waals surface area contributed by atoms with Gasteiger partial charge in [0.05, 0.1) is 31.0 Å². The van der Waals surface area contributed by atoms with Gasteiger partial charge in [-0.2, -0.15) is 0 Å². The fourth-order valence-electron chi connectivity index (χ4n) is 1.59. The molecule has 0 saturated carbocycles. The van der Waals surface area contributed by atoms with Crippen LogP contribution in [-0.2, 0) is 0 Å². The van der Waals surface area contributed by atoms with Crippen molar-refractivity contribution in [3.63, 3.8) is 0 Å². The lowest BCUT2D eigenvalue weighted by Crippen LogP contribution is -1.95. The van der Waals surface area contributed by atoms with E-state index in [4.69, 9.17) is 31.3 Å².